The Bertz CT molecular complexity index is 915. The number of carbonyl (C=O) groups is 2. The van der Waals surface area contributed by atoms with E-state index in [0.717, 1.165) is 28.4 Å². The average Bonchev–Trinajstić information content (AvgIpc) is 2.86. The first-order chi connectivity index (χ1) is 11.6. The highest BCUT2D eigenvalue weighted by atomic mass is 35.5. The summed E-state index contributed by atoms with van der Waals surface area (Å²) in [5.41, 5.74) is 3.17. The van der Waals surface area contributed by atoms with E-state index in [-0.39, 0.29) is 12.5 Å². The average molecular weight is 341 g/mol. The number of amides is 1. The van der Waals surface area contributed by atoms with Crippen LogP contribution in [0.2, 0.25) is 5.02 Å². The molecule has 122 valence electrons. The van der Waals surface area contributed by atoms with Gasteiger partial charge in [0.1, 0.15) is 6.54 Å². The lowest BCUT2D eigenvalue weighted by Gasteiger charge is -2.10. The second kappa shape index (κ2) is 6.89. The molecular formula is C19H17ClN2O2. The fraction of sp³-hybridized carbons (Fsp3) is 0.158. The zero-order valence-corrected chi connectivity index (χ0v) is 14.0. The standard InChI is InChI=1S/C19H17ClN2O2/c1-13-16(12-23)15-7-3-5-9-18(15)22(13)11-19(24)21-10-14-6-2-4-8-17(14)20/h2-9,12H,10-11H2,1H3,(H,21,24). The van der Waals surface area contributed by atoms with Crippen LogP contribution in [0.5, 0.6) is 0 Å². The summed E-state index contributed by atoms with van der Waals surface area (Å²) in [4.78, 5) is 23.7. The van der Waals surface area contributed by atoms with Crippen LogP contribution in [0.15, 0.2) is 48.5 Å². The van der Waals surface area contributed by atoms with E-state index in [1.165, 1.54) is 0 Å². The van der Waals surface area contributed by atoms with Crippen molar-refractivity contribution in [1.29, 1.82) is 0 Å². The van der Waals surface area contributed by atoms with Crippen LogP contribution in [-0.2, 0) is 17.9 Å². The summed E-state index contributed by atoms with van der Waals surface area (Å²) < 4.78 is 1.86. The topological polar surface area (TPSA) is 51.1 Å². The van der Waals surface area contributed by atoms with Crippen molar-refractivity contribution in [3.63, 3.8) is 0 Å². The summed E-state index contributed by atoms with van der Waals surface area (Å²) in [6.45, 7) is 2.38. The zero-order chi connectivity index (χ0) is 17.1. The van der Waals surface area contributed by atoms with Crippen molar-refractivity contribution in [2.45, 2.75) is 20.0 Å². The Morgan fingerprint density at radius 2 is 1.88 bits per heavy atom. The van der Waals surface area contributed by atoms with Gasteiger partial charge in [0, 0.05) is 33.7 Å². The first-order valence-corrected chi connectivity index (χ1v) is 8.02. The third-order valence-corrected chi connectivity index (χ3v) is 4.50. The number of rotatable bonds is 5. The first-order valence-electron chi connectivity index (χ1n) is 7.65. The van der Waals surface area contributed by atoms with Gasteiger partial charge in [0.25, 0.3) is 0 Å². The number of nitrogens with one attached hydrogen (secondary N) is 1. The first kappa shape index (κ1) is 16.3. The molecule has 0 aliphatic carbocycles. The van der Waals surface area contributed by atoms with E-state index in [9.17, 15) is 9.59 Å². The minimum atomic E-state index is -0.128. The highest BCUT2D eigenvalue weighted by Crippen LogP contribution is 2.24. The number of carbonyl (C=O) groups excluding carboxylic acids is 2. The zero-order valence-electron chi connectivity index (χ0n) is 13.3. The van der Waals surface area contributed by atoms with Crippen LogP contribution in [0.1, 0.15) is 21.6 Å². The minimum Gasteiger partial charge on any atom is -0.350 e. The molecule has 1 amide bonds. The normalized spacial score (nSPS) is 10.8. The van der Waals surface area contributed by atoms with Gasteiger partial charge in [0.15, 0.2) is 6.29 Å². The quantitative estimate of drug-likeness (QED) is 0.719. The van der Waals surface area contributed by atoms with Crippen LogP contribution in [0.25, 0.3) is 10.9 Å². The molecule has 0 aliphatic heterocycles. The van der Waals surface area contributed by atoms with E-state index in [1.807, 2.05) is 54.0 Å². The number of fused-ring (bicyclic) bond motifs is 1. The van der Waals surface area contributed by atoms with Crippen molar-refractivity contribution in [2.24, 2.45) is 0 Å². The third kappa shape index (κ3) is 3.05. The second-order valence-corrected chi connectivity index (χ2v) is 6.00. The van der Waals surface area contributed by atoms with E-state index in [0.29, 0.717) is 17.1 Å². The van der Waals surface area contributed by atoms with Crippen LogP contribution in [0.4, 0.5) is 0 Å². The number of nitrogens with zero attached hydrogens (tertiary/aromatic N) is 1. The molecule has 5 heteroatoms. The molecule has 0 radical (unpaired) electrons. The smallest absolute Gasteiger partial charge is 0.240 e. The minimum absolute atomic E-state index is 0.128. The molecule has 1 aromatic heterocycles. The van der Waals surface area contributed by atoms with Gasteiger partial charge in [0.2, 0.25) is 5.91 Å². The summed E-state index contributed by atoms with van der Waals surface area (Å²) in [6, 6.07) is 15.0. The highest BCUT2D eigenvalue weighted by molar-refractivity contribution is 6.31. The van der Waals surface area contributed by atoms with Gasteiger partial charge in [-0.3, -0.25) is 9.59 Å². The Balaban J connectivity index is 1.80. The van der Waals surface area contributed by atoms with Gasteiger partial charge in [-0.2, -0.15) is 0 Å². The van der Waals surface area contributed by atoms with E-state index in [2.05, 4.69) is 5.32 Å². The van der Waals surface area contributed by atoms with Crippen LogP contribution in [-0.4, -0.2) is 16.8 Å². The van der Waals surface area contributed by atoms with Gasteiger partial charge >= 0.3 is 0 Å². The largest absolute Gasteiger partial charge is 0.350 e. The lowest BCUT2D eigenvalue weighted by molar-refractivity contribution is -0.121. The molecule has 1 N–H and O–H groups in total. The number of para-hydroxylation sites is 1. The highest BCUT2D eigenvalue weighted by Gasteiger charge is 2.15. The van der Waals surface area contributed by atoms with Crippen molar-refractivity contribution in [1.82, 2.24) is 9.88 Å². The molecule has 0 saturated heterocycles. The number of hydrogen-bond donors (Lipinski definition) is 1. The predicted molar refractivity (Wildman–Crippen MR) is 95.4 cm³/mol. The number of hydrogen-bond acceptors (Lipinski definition) is 2. The molecule has 2 aromatic carbocycles. The lowest BCUT2D eigenvalue weighted by Crippen LogP contribution is -2.27. The Morgan fingerprint density at radius 3 is 2.62 bits per heavy atom. The molecule has 0 unspecified atom stereocenters. The van der Waals surface area contributed by atoms with E-state index in [4.69, 9.17) is 11.6 Å². The van der Waals surface area contributed by atoms with Gasteiger partial charge in [-0.15, -0.1) is 0 Å². The number of aldehydes is 1. The monoisotopic (exact) mass is 340 g/mol. The molecule has 4 nitrogen and oxygen atoms in total. The molecule has 1 heterocycles. The molecule has 0 fully saturated rings. The Labute approximate surface area is 145 Å². The van der Waals surface area contributed by atoms with Gasteiger partial charge in [0.05, 0.1) is 0 Å². The van der Waals surface area contributed by atoms with Gasteiger partial charge in [-0.1, -0.05) is 48.0 Å². The van der Waals surface area contributed by atoms with Crippen molar-refractivity contribution < 1.29 is 9.59 Å². The molecule has 0 spiro atoms. The molecule has 0 bridgehead atoms. The van der Waals surface area contributed by atoms with Crippen LogP contribution >= 0.6 is 11.6 Å². The fourth-order valence-electron chi connectivity index (χ4n) is 2.85. The summed E-state index contributed by atoms with van der Waals surface area (Å²) in [5, 5.41) is 4.37. The number of benzene rings is 2. The van der Waals surface area contributed by atoms with Crippen molar-refractivity contribution in [3.8, 4) is 0 Å². The maximum Gasteiger partial charge on any atom is 0.240 e. The summed E-state index contributed by atoms with van der Waals surface area (Å²) >= 11 is 6.10. The van der Waals surface area contributed by atoms with E-state index in [1.54, 1.807) is 6.07 Å². The maximum absolute atomic E-state index is 12.3. The molecule has 3 aromatic rings. The molecule has 3 rings (SSSR count). The van der Waals surface area contributed by atoms with Crippen LogP contribution < -0.4 is 5.32 Å². The number of halogens is 1. The summed E-state index contributed by atoms with van der Waals surface area (Å²) in [5.74, 6) is -0.128. The second-order valence-electron chi connectivity index (χ2n) is 5.59. The van der Waals surface area contributed by atoms with Gasteiger partial charge < -0.3 is 9.88 Å². The molecule has 24 heavy (non-hydrogen) atoms. The van der Waals surface area contributed by atoms with Crippen LogP contribution in [0.3, 0.4) is 0 Å². The Kier molecular flexibility index (Phi) is 4.67. The maximum atomic E-state index is 12.3. The lowest BCUT2D eigenvalue weighted by atomic mass is 10.1. The number of aromatic nitrogens is 1. The Morgan fingerprint density at radius 1 is 1.17 bits per heavy atom. The van der Waals surface area contributed by atoms with Gasteiger partial charge in [-0.25, -0.2) is 0 Å². The molecular weight excluding hydrogens is 324 g/mol. The third-order valence-electron chi connectivity index (χ3n) is 4.13. The van der Waals surface area contributed by atoms with Crippen molar-refractivity contribution in [2.75, 3.05) is 0 Å². The van der Waals surface area contributed by atoms with Gasteiger partial charge in [-0.05, 0) is 24.6 Å². The van der Waals surface area contributed by atoms with Crippen molar-refractivity contribution in [3.05, 3.63) is 70.4 Å². The predicted octanol–water partition coefficient (Wildman–Crippen LogP) is 3.73. The molecule has 0 saturated carbocycles. The van der Waals surface area contributed by atoms with E-state index >= 15 is 0 Å². The Hall–Kier alpha value is -2.59. The van der Waals surface area contributed by atoms with Crippen molar-refractivity contribution >= 4 is 34.7 Å². The van der Waals surface area contributed by atoms with Crippen LogP contribution in [0, 0.1) is 6.92 Å². The molecule has 0 aliphatic rings. The summed E-state index contributed by atoms with van der Waals surface area (Å²) in [7, 11) is 0. The molecule has 0 atom stereocenters. The van der Waals surface area contributed by atoms with E-state index < -0.39 is 0 Å². The SMILES string of the molecule is Cc1c(C=O)c2ccccc2n1CC(=O)NCc1ccccc1Cl. The fourth-order valence-corrected chi connectivity index (χ4v) is 3.05. The summed E-state index contributed by atoms with van der Waals surface area (Å²) in [6.07, 6.45) is 0.843.